The van der Waals surface area contributed by atoms with Crippen LogP contribution in [0.2, 0.25) is 0 Å². The zero-order chi connectivity index (χ0) is 13.0. The third kappa shape index (κ3) is 1.57. The molecule has 17 heavy (non-hydrogen) atoms. The number of alkyl halides is 2. The number of hydrogen-bond donors (Lipinski definition) is 2. The van der Waals surface area contributed by atoms with Gasteiger partial charge in [-0.1, -0.05) is 0 Å². The van der Waals surface area contributed by atoms with Gasteiger partial charge in [0.1, 0.15) is 6.04 Å². The fourth-order valence-electron chi connectivity index (χ4n) is 2.49. The quantitative estimate of drug-likeness (QED) is 0.642. The molecule has 0 bridgehead atoms. The van der Waals surface area contributed by atoms with E-state index in [1.165, 1.54) is 7.05 Å². The van der Waals surface area contributed by atoms with Crippen LogP contribution in [-0.2, 0) is 0 Å². The second kappa shape index (κ2) is 3.42. The topological polar surface area (TPSA) is 84.3 Å². The second-order valence-electron chi connectivity index (χ2n) is 4.12. The van der Waals surface area contributed by atoms with Crippen LogP contribution in [-0.4, -0.2) is 75.5 Å². The summed E-state index contributed by atoms with van der Waals surface area (Å²) in [5.74, 6) is -3.25. The Morgan fingerprint density at radius 3 is 2.35 bits per heavy atom. The zero-order valence-corrected chi connectivity index (χ0v) is 8.88. The van der Waals surface area contributed by atoms with Crippen molar-refractivity contribution in [2.75, 3.05) is 20.1 Å². The third-order valence-corrected chi connectivity index (χ3v) is 3.19. The molecule has 0 aromatic carbocycles. The van der Waals surface area contributed by atoms with Crippen molar-refractivity contribution < 1.29 is 28.6 Å². The van der Waals surface area contributed by atoms with E-state index >= 15 is 0 Å². The van der Waals surface area contributed by atoms with Gasteiger partial charge >= 0.3 is 12.2 Å². The first kappa shape index (κ1) is 11.8. The summed E-state index contributed by atoms with van der Waals surface area (Å²) in [6, 6.07) is -2.45. The number of carboxylic acid groups (broad SMARTS) is 2. The van der Waals surface area contributed by atoms with Gasteiger partial charge in [-0.25, -0.2) is 28.4 Å². The summed E-state index contributed by atoms with van der Waals surface area (Å²) in [5, 5.41) is 19.2. The van der Waals surface area contributed by atoms with Crippen LogP contribution < -0.4 is 0 Å². The molecule has 9 heteroatoms. The van der Waals surface area contributed by atoms with Crippen molar-refractivity contribution in [3.05, 3.63) is 0 Å². The molecule has 0 saturated carbocycles. The zero-order valence-electron chi connectivity index (χ0n) is 8.88. The molecule has 2 atom stereocenters. The van der Waals surface area contributed by atoms with E-state index in [9.17, 15) is 18.4 Å². The van der Waals surface area contributed by atoms with Crippen LogP contribution >= 0.6 is 0 Å². The van der Waals surface area contributed by atoms with Crippen molar-refractivity contribution in [2.45, 2.75) is 18.0 Å². The lowest BCUT2D eigenvalue weighted by atomic mass is 10.1. The van der Waals surface area contributed by atoms with Crippen molar-refractivity contribution in [1.82, 2.24) is 14.9 Å². The van der Waals surface area contributed by atoms with E-state index in [1.54, 1.807) is 0 Å². The van der Waals surface area contributed by atoms with Gasteiger partial charge < -0.3 is 10.2 Å². The molecule has 0 radical (unpaired) electrons. The number of amides is 2. The van der Waals surface area contributed by atoms with E-state index in [-0.39, 0.29) is 6.54 Å². The normalized spacial score (nSPS) is 31.7. The standard InChI is InChI=1S/C8H11F2N3O4/c1-11-5-4(2-13(11)7(16)17)12(6(14)15)3-8(5,9)10/h4-5H,2-3H2,1H3,(H,14,15)(H,16,17). The van der Waals surface area contributed by atoms with E-state index in [1.807, 2.05) is 0 Å². The highest BCUT2D eigenvalue weighted by molar-refractivity contribution is 5.68. The van der Waals surface area contributed by atoms with Gasteiger partial charge in [-0.2, -0.15) is 0 Å². The van der Waals surface area contributed by atoms with E-state index < -0.39 is 36.7 Å². The van der Waals surface area contributed by atoms with Crippen molar-refractivity contribution in [3.63, 3.8) is 0 Å². The molecule has 96 valence electrons. The molecule has 2 heterocycles. The fraction of sp³-hybridized carbons (Fsp3) is 0.750. The molecule has 2 unspecified atom stereocenters. The Morgan fingerprint density at radius 2 is 1.88 bits per heavy atom. The largest absolute Gasteiger partial charge is 0.465 e. The van der Waals surface area contributed by atoms with Crippen LogP contribution in [0.1, 0.15) is 0 Å². The van der Waals surface area contributed by atoms with Crippen molar-refractivity contribution in [3.8, 4) is 0 Å². The summed E-state index contributed by atoms with van der Waals surface area (Å²) in [6.45, 7) is -1.16. The SMILES string of the molecule is CN1C2C(CN1C(=O)O)N(C(=O)O)CC2(F)F. The summed E-state index contributed by atoms with van der Waals surface area (Å²) in [7, 11) is 1.22. The van der Waals surface area contributed by atoms with Crippen LogP contribution in [0.5, 0.6) is 0 Å². The number of hydrogen-bond acceptors (Lipinski definition) is 3. The number of nitrogens with zero attached hydrogens (tertiary/aromatic N) is 3. The smallest absolute Gasteiger partial charge is 0.422 e. The predicted octanol–water partition coefficient (Wildman–Crippen LogP) is 0.193. The molecule has 0 spiro atoms. The Hall–Kier alpha value is -1.64. The molecule has 7 nitrogen and oxygen atoms in total. The average Bonchev–Trinajstić information content (AvgIpc) is 2.64. The molecule has 2 saturated heterocycles. The van der Waals surface area contributed by atoms with Gasteiger partial charge in [0.2, 0.25) is 0 Å². The lowest BCUT2D eigenvalue weighted by Crippen LogP contribution is -2.48. The summed E-state index contributed by atoms with van der Waals surface area (Å²) < 4.78 is 27.3. The lowest BCUT2D eigenvalue weighted by molar-refractivity contribution is -0.0823. The highest BCUT2D eigenvalue weighted by atomic mass is 19.3. The number of fused-ring (bicyclic) bond motifs is 1. The molecule has 0 aliphatic carbocycles. The minimum atomic E-state index is -3.25. The monoisotopic (exact) mass is 251 g/mol. The lowest BCUT2D eigenvalue weighted by Gasteiger charge is -2.28. The molecule has 2 aliphatic rings. The molecular formula is C8H11F2N3O4. The highest BCUT2D eigenvalue weighted by Gasteiger charge is 2.63. The summed E-state index contributed by atoms with van der Waals surface area (Å²) in [5.41, 5.74) is 0. The average molecular weight is 251 g/mol. The van der Waals surface area contributed by atoms with Crippen LogP contribution in [0.4, 0.5) is 18.4 Å². The van der Waals surface area contributed by atoms with Gasteiger partial charge in [0.05, 0.1) is 19.1 Å². The van der Waals surface area contributed by atoms with E-state index in [0.717, 1.165) is 5.01 Å². The molecule has 2 fully saturated rings. The Balaban J connectivity index is 2.32. The van der Waals surface area contributed by atoms with Crippen molar-refractivity contribution in [2.24, 2.45) is 0 Å². The first-order valence-corrected chi connectivity index (χ1v) is 4.86. The molecular weight excluding hydrogens is 240 g/mol. The Kier molecular flexibility index (Phi) is 2.38. The van der Waals surface area contributed by atoms with E-state index in [4.69, 9.17) is 10.2 Å². The first-order chi connectivity index (χ1) is 7.75. The van der Waals surface area contributed by atoms with Gasteiger partial charge in [0.25, 0.3) is 5.92 Å². The Bertz CT molecular complexity index is 378. The number of rotatable bonds is 0. The highest BCUT2D eigenvalue weighted by Crippen LogP contribution is 2.40. The van der Waals surface area contributed by atoms with Crippen molar-refractivity contribution in [1.29, 1.82) is 0 Å². The van der Waals surface area contributed by atoms with Gasteiger partial charge in [-0.15, -0.1) is 0 Å². The number of hydrazine groups is 1. The Morgan fingerprint density at radius 1 is 1.29 bits per heavy atom. The predicted molar refractivity (Wildman–Crippen MR) is 49.7 cm³/mol. The maximum absolute atomic E-state index is 13.6. The molecule has 2 amide bonds. The van der Waals surface area contributed by atoms with Crippen LogP contribution in [0.15, 0.2) is 0 Å². The van der Waals surface area contributed by atoms with E-state index in [2.05, 4.69) is 0 Å². The summed E-state index contributed by atoms with van der Waals surface area (Å²) in [6.07, 6.45) is -2.83. The summed E-state index contributed by atoms with van der Waals surface area (Å²) >= 11 is 0. The number of likely N-dealkylation sites (N-methyl/N-ethyl adjacent to an activating group) is 1. The first-order valence-electron chi connectivity index (χ1n) is 4.86. The van der Waals surface area contributed by atoms with Crippen LogP contribution in [0.25, 0.3) is 0 Å². The maximum atomic E-state index is 13.6. The second-order valence-corrected chi connectivity index (χ2v) is 4.12. The van der Waals surface area contributed by atoms with Gasteiger partial charge in [0, 0.05) is 7.05 Å². The van der Waals surface area contributed by atoms with Crippen LogP contribution in [0.3, 0.4) is 0 Å². The third-order valence-electron chi connectivity index (χ3n) is 3.19. The minimum absolute atomic E-state index is 0.265. The Labute approximate surface area is 94.8 Å². The molecule has 2 aliphatic heterocycles. The van der Waals surface area contributed by atoms with Crippen molar-refractivity contribution >= 4 is 12.2 Å². The van der Waals surface area contributed by atoms with Gasteiger partial charge in [-0.3, -0.25) is 4.90 Å². The number of halogens is 2. The molecule has 2 rings (SSSR count). The molecule has 0 aromatic heterocycles. The minimum Gasteiger partial charge on any atom is -0.465 e. The number of likely N-dealkylation sites (tertiary alicyclic amines) is 1. The fourth-order valence-corrected chi connectivity index (χ4v) is 2.49. The molecule has 0 aromatic rings. The molecule has 2 N–H and O–H groups in total. The van der Waals surface area contributed by atoms with E-state index in [0.29, 0.717) is 9.91 Å². The number of carbonyl (C=O) groups is 2. The summed E-state index contributed by atoms with van der Waals surface area (Å²) in [4.78, 5) is 22.2. The van der Waals surface area contributed by atoms with Gasteiger partial charge in [-0.05, 0) is 0 Å². The maximum Gasteiger partial charge on any atom is 0.422 e. The van der Waals surface area contributed by atoms with Gasteiger partial charge in [0.15, 0.2) is 0 Å². The van der Waals surface area contributed by atoms with Crippen LogP contribution in [0, 0.1) is 0 Å².